The van der Waals surface area contributed by atoms with Crippen molar-refractivity contribution in [2.24, 2.45) is 0 Å². The van der Waals surface area contributed by atoms with Gasteiger partial charge in [-0.05, 0) is 31.2 Å². The van der Waals surface area contributed by atoms with Crippen LogP contribution in [0.25, 0.3) is 0 Å². The second kappa shape index (κ2) is 6.46. The third-order valence-electron chi connectivity index (χ3n) is 3.82. The van der Waals surface area contributed by atoms with E-state index in [9.17, 15) is 4.79 Å². The summed E-state index contributed by atoms with van der Waals surface area (Å²) in [6, 6.07) is 3.53. The van der Waals surface area contributed by atoms with Crippen molar-refractivity contribution < 1.29 is 9.53 Å². The fourth-order valence-electron chi connectivity index (χ4n) is 2.43. The van der Waals surface area contributed by atoms with Crippen LogP contribution in [-0.2, 0) is 0 Å². The standard InChI is InChI=1S/C15H21ClN2O2/c1-4-17-5-7-18(8-6-17)15(19)12-10-13(16)11(2)9-14(12)20-3/h9-10H,4-8H2,1-3H3. The minimum Gasteiger partial charge on any atom is -0.496 e. The van der Waals surface area contributed by atoms with Crippen molar-refractivity contribution in [1.82, 2.24) is 9.80 Å². The van der Waals surface area contributed by atoms with Crippen LogP contribution < -0.4 is 4.74 Å². The lowest BCUT2D eigenvalue weighted by Gasteiger charge is -2.34. The fourth-order valence-corrected chi connectivity index (χ4v) is 2.59. The molecule has 0 aliphatic carbocycles. The molecule has 1 heterocycles. The van der Waals surface area contributed by atoms with Gasteiger partial charge in [-0.1, -0.05) is 18.5 Å². The van der Waals surface area contributed by atoms with Crippen LogP contribution >= 0.6 is 11.6 Å². The number of carbonyl (C=O) groups excluding carboxylic acids is 1. The highest BCUT2D eigenvalue weighted by molar-refractivity contribution is 6.31. The quantitative estimate of drug-likeness (QED) is 0.859. The first-order valence-electron chi connectivity index (χ1n) is 6.92. The zero-order chi connectivity index (χ0) is 14.7. The molecule has 1 aromatic carbocycles. The summed E-state index contributed by atoms with van der Waals surface area (Å²) in [6.45, 7) is 8.41. The lowest BCUT2D eigenvalue weighted by Crippen LogP contribution is -2.48. The van der Waals surface area contributed by atoms with Crippen LogP contribution in [-0.4, -0.2) is 55.5 Å². The van der Waals surface area contributed by atoms with Crippen LogP contribution in [0.2, 0.25) is 5.02 Å². The van der Waals surface area contributed by atoms with Gasteiger partial charge < -0.3 is 14.5 Å². The van der Waals surface area contributed by atoms with Crippen molar-refractivity contribution in [3.05, 3.63) is 28.3 Å². The molecule has 4 nitrogen and oxygen atoms in total. The van der Waals surface area contributed by atoms with Crippen LogP contribution in [0.5, 0.6) is 5.75 Å². The average Bonchev–Trinajstić information content (AvgIpc) is 2.49. The second-order valence-corrected chi connectivity index (χ2v) is 5.44. The molecule has 0 bridgehead atoms. The Balaban J connectivity index is 2.19. The highest BCUT2D eigenvalue weighted by Gasteiger charge is 2.24. The molecule has 0 radical (unpaired) electrons. The zero-order valence-corrected chi connectivity index (χ0v) is 13.0. The van der Waals surface area contributed by atoms with Crippen molar-refractivity contribution in [2.45, 2.75) is 13.8 Å². The molecule has 1 amide bonds. The minimum atomic E-state index is -0.000460. The van der Waals surface area contributed by atoms with E-state index in [1.54, 1.807) is 13.2 Å². The first-order chi connectivity index (χ1) is 9.56. The molecule has 0 unspecified atom stereocenters. The van der Waals surface area contributed by atoms with Gasteiger partial charge in [0.2, 0.25) is 0 Å². The number of amides is 1. The number of piperazine rings is 1. The molecular formula is C15H21ClN2O2. The molecule has 20 heavy (non-hydrogen) atoms. The summed E-state index contributed by atoms with van der Waals surface area (Å²) in [5.41, 5.74) is 1.46. The summed E-state index contributed by atoms with van der Waals surface area (Å²) in [5, 5.41) is 0.598. The predicted octanol–water partition coefficient (Wildman–Crippen LogP) is 2.43. The van der Waals surface area contributed by atoms with Crippen molar-refractivity contribution >= 4 is 17.5 Å². The molecule has 5 heteroatoms. The highest BCUT2D eigenvalue weighted by atomic mass is 35.5. The van der Waals surface area contributed by atoms with Crippen molar-refractivity contribution in [3.8, 4) is 5.75 Å². The first-order valence-corrected chi connectivity index (χ1v) is 7.30. The third kappa shape index (κ3) is 3.07. The van der Waals surface area contributed by atoms with Gasteiger partial charge in [0.15, 0.2) is 0 Å². The molecule has 1 aliphatic heterocycles. The summed E-state index contributed by atoms with van der Waals surface area (Å²) >= 11 is 6.14. The lowest BCUT2D eigenvalue weighted by molar-refractivity contribution is 0.0640. The monoisotopic (exact) mass is 296 g/mol. The number of nitrogens with zero attached hydrogens (tertiary/aromatic N) is 2. The topological polar surface area (TPSA) is 32.8 Å². The molecule has 1 fully saturated rings. The molecule has 1 aliphatic rings. The molecule has 1 saturated heterocycles. The number of likely N-dealkylation sites (N-methyl/N-ethyl adjacent to an activating group) is 1. The Hall–Kier alpha value is -1.26. The Bertz CT molecular complexity index is 497. The van der Waals surface area contributed by atoms with Crippen molar-refractivity contribution in [1.29, 1.82) is 0 Å². The Morgan fingerprint density at radius 3 is 2.50 bits per heavy atom. The molecule has 1 aromatic rings. The van der Waals surface area contributed by atoms with Crippen LogP contribution in [0.4, 0.5) is 0 Å². The molecule has 2 rings (SSSR count). The van der Waals surface area contributed by atoms with Crippen molar-refractivity contribution in [3.63, 3.8) is 0 Å². The third-order valence-corrected chi connectivity index (χ3v) is 4.23. The number of hydrogen-bond acceptors (Lipinski definition) is 3. The Morgan fingerprint density at radius 1 is 1.30 bits per heavy atom. The van der Waals surface area contributed by atoms with Gasteiger partial charge in [-0.2, -0.15) is 0 Å². The van der Waals surface area contributed by atoms with E-state index in [1.807, 2.05) is 17.9 Å². The largest absolute Gasteiger partial charge is 0.496 e. The maximum absolute atomic E-state index is 12.6. The Labute approximate surface area is 125 Å². The molecular weight excluding hydrogens is 276 g/mol. The summed E-state index contributed by atoms with van der Waals surface area (Å²) in [6.07, 6.45) is 0. The van der Waals surface area contributed by atoms with Gasteiger partial charge in [0.25, 0.3) is 5.91 Å². The Morgan fingerprint density at radius 2 is 1.95 bits per heavy atom. The molecule has 110 valence electrons. The summed E-state index contributed by atoms with van der Waals surface area (Å²) < 4.78 is 5.32. The van der Waals surface area contributed by atoms with E-state index in [1.165, 1.54) is 0 Å². The minimum absolute atomic E-state index is 0.000460. The van der Waals surface area contributed by atoms with Crippen molar-refractivity contribution in [2.75, 3.05) is 39.8 Å². The molecule has 0 aromatic heterocycles. The van der Waals surface area contributed by atoms with Gasteiger partial charge in [0.05, 0.1) is 12.7 Å². The number of hydrogen-bond donors (Lipinski definition) is 0. The normalized spacial score (nSPS) is 16.3. The van der Waals surface area contributed by atoms with Crippen LogP contribution in [0, 0.1) is 6.92 Å². The maximum Gasteiger partial charge on any atom is 0.257 e. The maximum atomic E-state index is 12.6. The molecule has 0 saturated carbocycles. The SMILES string of the molecule is CCN1CCN(C(=O)c2cc(Cl)c(C)cc2OC)CC1. The Kier molecular flexibility index (Phi) is 4.89. The van der Waals surface area contributed by atoms with E-state index in [4.69, 9.17) is 16.3 Å². The van der Waals surface area contributed by atoms with E-state index in [2.05, 4.69) is 11.8 Å². The van der Waals surface area contributed by atoms with E-state index in [-0.39, 0.29) is 5.91 Å². The van der Waals surface area contributed by atoms with Gasteiger partial charge in [-0.3, -0.25) is 4.79 Å². The average molecular weight is 297 g/mol. The van der Waals surface area contributed by atoms with E-state index < -0.39 is 0 Å². The number of methoxy groups -OCH3 is 1. The summed E-state index contributed by atoms with van der Waals surface area (Å²) in [4.78, 5) is 16.8. The van der Waals surface area contributed by atoms with Gasteiger partial charge in [-0.25, -0.2) is 0 Å². The lowest BCUT2D eigenvalue weighted by atomic mass is 10.1. The number of aryl methyl sites for hydroxylation is 1. The van der Waals surface area contributed by atoms with Crippen LogP contribution in [0.3, 0.4) is 0 Å². The zero-order valence-electron chi connectivity index (χ0n) is 12.3. The molecule has 0 atom stereocenters. The van der Waals surface area contributed by atoms with Gasteiger partial charge in [0, 0.05) is 31.2 Å². The smallest absolute Gasteiger partial charge is 0.257 e. The predicted molar refractivity (Wildman–Crippen MR) is 80.8 cm³/mol. The van der Waals surface area contributed by atoms with Gasteiger partial charge >= 0.3 is 0 Å². The molecule has 0 spiro atoms. The first kappa shape index (κ1) is 15.1. The summed E-state index contributed by atoms with van der Waals surface area (Å²) in [7, 11) is 1.58. The number of carbonyl (C=O) groups is 1. The van der Waals surface area contributed by atoms with E-state index in [0.717, 1.165) is 38.3 Å². The van der Waals surface area contributed by atoms with Gasteiger partial charge in [0.1, 0.15) is 5.75 Å². The molecule has 0 N–H and O–H groups in total. The van der Waals surface area contributed by atoms with E-state index >= 15 is 0 Å². The number of halogens is 1. The second-order valence-electron chi connectivity index (χ2n) is 5.03. The van der Waals surface area contributed by atoms with Gasteiger partial charge in [-0.15, -0.1) is 0 Å². The van der Waals surface area contributed by atoms with Crippen LogP contribution in [0.1, 0.15) is 22.8 Å². The van der Waals surface area contributed by atoms with E-state index in [0.29, 0.717) is 16.3 Å². The van der Waals surface area contributed by atoms with Crippen LogP contribution in [0.15, 0.2) is 12.1 Å². The fraction of sp³-hybridized carbons (Fsp3) is 0.533. The number of ether oxygens (including phenoxy) is 1. The number of benzene rings is 1. The summed E-state index contributed by atoms with van der Waals surface area (Å²) in [5.74, 6) is 0.592. The highest BCUT2D eigenvalue weighted by Crippen LogP contribution is 2.27. The number of rotatable bonds is 3.